The molecule has 0 aliphatic heterocycles. The molecule has 17 heavy (non-hydrogen) atoms. The average molecular weight is 267 g/mol. The van der Waals surface area contributed by atoms with Gasteiger partial charge in [0.25, 0.3) is 0 Å². The van der Waals surface area contributed by atoms with Crippen LogP contribution in [0.4, 0.5) is 13.2 Å². The fourth-order valence-electron chi connectivity index (χ4n) is 1.55. The molecule has 0 aromatic heterocycles. The van der Waals surface area contributed by atoms with Gasteiger partial charge in [0.05, 0.1) is 16.7 Å². The van der Waals surface area contributed by atoms with Gasteiger partial charge >= 0.3 is 6.18 Å². The van der Waals surface area contributed by atoms with E-state index in [-0.39, 0.29) is 16.5 Å². The Hall–Kier alpha value is -0.740. The SMILES string of the molecule is CC(C)CC(O)c1ccc(Cl)c(C(F)(F)F)c1. The lowest BCUT2D eigenvalue weighted by atomic mass is 9.98. The zero-order chi connectivity index (χ0) is 13.2. The van der Waals surface area contributed by atoms with Crippen molar-refractivity contribution >= 4 is 11.6 Å². The highest BCUT2D eigenvalue weighted by atomic mass is 35.5. The van der Waals surface area contributed by atoms with Crippen LogP contribution in [0.1, 0.15) is 37.5 Å². The molecule has 1 aromatic carbocycles. The minimum atomic E-state index is -4.50. The van der Waals surface area contributed by atoms with Crippen LogP contribution in [0.3, 0.4) is 0 Å². The largest absolute Gasteiger partial charge is 0.417 e. The van der Waals surface area contributed by atoms with Gasteiger partial charge in [-0.3, -0.25) is 0 Å². The van der Waals surface area contributed by atoms with E-state index in [1.54, 1.807) is 0 Å². The summed E-state index contributed by atoms with van der Waals surface area (Å²) >= 11 is 5.49. The topological polar surface area (TPSA) is 20.2 Å². The highest BCUT2D eigenvalue weighted by Crippen LogP contribution is 2.36. The third-order valence-corrected chi connectivity index (χ3v) is 2.70. The predicted octanol–water partition coefficient (Wildman–Crippen LogP) is 4.44. The van der Waals surface area contributed by atoms with Crippen molar-refractivity contribution in [2.75, 3.05) is 0 Å². The van der Waals surface area contributed by atoms with Crippen molar-refractivity contribution < 1.29 is 18.3 Å². The highest BCUT2D eigenvalue weighted by Gasteiger charge is 2.33. The first-order valence-electron chi connectivity index (χ1n) is 5.26. The normalized spacial score (nSPS) is 14.1. The van der Waals surface area contributed by atoms with Gasteiger partial charge in [0.2, 0.25) is 0 Å². The van der Waals surface area contributed by atoms with E-state index >= 15 is 0 Å². The van der Waals surface area contributed by atoms with Gasteiger partial charge in [-0.2, -0.15) is 13.2 Å². The molecule has 1 rings (SSSR count). The lowest BCUT2D eigenvalue weighted by Crippen LogP contribution is -2.09. The predicted molar refractivity (Wildman–Crippen MR) is 60.9 cm³/mol. The summed E-state index contributed by atoms with van der Waals surface area (Å²) < 4.78 is 37.8. The molecule has 0 aliphatic carbocycles. The van der Waals surface area contributed by atoms with Crippen molar-refractivity contribution in [3.05, 3.63) is 34.3 Å². The molecule has 0 spiro atoms. The number of aliphatic hydroxyl groups is 1. The Labute approximate surface area is 103 Å². The van der Waals surface area contributed by atoms with Crippen molar-refractivity contribution in [3.8, 4) is 0 Å². The number of alkyl halides is 3. The fraction of sp³-hybridized carbons (Fsp3) is 0.500. The molecule has 1 unspecified atom stereocenters. The third kappa shape index (κ3) is 3.89. The maximum atomic E-state index is 12.6. The molecule has 0 bridgehead atoms. The van der Waals surface area contributed by atoms with Gasteiger partial charge in [0.15, 0.2) is 0 Å². The molecule has 1 N–H and O–H groups in total. The average Bonchev–Trinajstić information content (AvgIpc) is 2.15. The fourth-order valence-corrected chi connectivity index (χ4v) is 1.77. The van der Waals surface area contributed by atoms with E-state index in [2.05, 4.69) is 0 Å². The number of rotatable bonds is 3. The zero-order valence-corrected chi connectivity index (χ0v) is 10.3. The first-order chi connectivity index (χ1) is 7.71. The molecule has 0 heterocycles. The van der Waals surface area contributed by atoms with E-state index in [0.717, 1.165) is 6.07 Å². The summed E-state index contributed by atoms with van der Waals surface area (Å²) in [5.41, 5.74) is -0.658. The monoisotopic (exact) mass is 266 g/mol. The van der Waals surface area contributed by atoms with Gasteiger partial charge in [-0.25, -0.2) is 0 Å². The van der Waals surface area contributed by atoms with E-state index in [1.807, 2.05) is 13.8 Å². The Balaban J connectivity index is 3.04. The number of benzene rings is 1. The lowest BCUT2D eigenvalue weighted by molar-refractivity contribution is -0.137. The van der Waals surface area contributed by atoms with Gasteiger partial charge in [-0.05, 0) is 30.0 Å². The molecule has 0 aliphatic rings. The van der Waals surface area contributed by atoms with Gasteiger partial charge in [-0.1, -0.05) is 31.5 Å². The van der Waals surface area contributed by atoms with Crippen LogP contribution in [-0.4, -0.2) is 5.11 Å². The van der Waals surface area contributed by atoms with Crippen LogP contribution in [0.15, 0.2) is 18.2 Å². The molecule has 1 nitrogen and oxygen atoms in total. The Morgan fingerprint density at radius 3 is 2.35 bits per heavy atom. The van der Waals surface area contributed by atoms with E-state index in [9.17, 15) is 18.3 Å². The summed E-state index contributed by atoms with van der Waals surface area (Å²) in [6.45, 7) is 3.79. The first-order valence-corrected chi connectivity index (χ1v) is 5.64. The minimum Gasteiger partial charge on any atom is -0.388 e. The van der Waals surface area contributed by atoms with E-state index in [1.165, 1.54) is 12.1 Å². The molecule has 5 heteroatoms. The second-order valence-corrected chi connectivity index (χ2v) is 4.79. The molecule has 0 saturated carbocycles. The number of halogens is 4. The summed E-state index contributed by atoms with van der Waals surface area (Å²) in [5.74, 6) is 0.204. The molecule has 1 aromatic rings. The van der Waals surface area contributed by atoms with Crippen LogP contribution in [0.25, 0.3) is 0 Å². The molecular formula is C12H14ClF3O. The van der Waals surface area contributed by atoms with Gasteiger partial charge < -0.3 is 5.11 Å². The second kappa shape index (κ2) is 5.27. The Bertz CT molecular complexity index is 388. The van der Waals surface area contributed by atoms with E-state index in [4.69, 9.17) is 11.6 Å². The Morgan fingerprint density at radius 1 is 1.29 bits per heavy atom. The lowest BCUT2D eigenvalue weighted by Gasteiger charge is -2.16. The Kier molecular flexibility index (Phi) is 4.44. The quantitative estimate of drug-likeness (QED) is 0.858. The smallest absolute Gasteiger partial charge is 0.388 e. The van der Waals surface area contributed by atoms with Crippen molar-refractivity contribution in [2.45, 2.75) is 32.5 Å². The summed E-state index contributed by atoms with van der Waals surface area (Å²) in [7, 11) is 0. The molecule has 0 radical (unpaired) electrons. The summed E-state index contributed by atoms with van der Waals surface area (Å²) in [6.07, 6.45) is -4.97. The van der Waals surface area contributed by atoms with Crippen LogP contribution in [-0.2, 0) is 6.18 Å². The number of aliphatic hydroxyl groups excluding tert-OH is 1. The second-order valence-electron chi connectivity index (χ2n) is 4.38. The van der Waals surface area contributed by atoms with Crippen LogP contribution < -0.4 is 0 Å². The van der Waals surface area contributed by atoms with Crippen molar-refractivity contribution in [1.29, 1.82) is 0 Å². The zero-order valence-electron chi connectivity index (χ0n) is 9.55. The van der Waals surface area contributed by atoms with Crippen LogP contribution >= 0.6 is 11.6 Å². The molecule has 0 amide bonds. The van der Waals surface area contributed by atoms with Gasteiger partial charge in [-0.15, -0.1) is 0 Å². The molecule has 0 saturated heterocycles. The maximum absolute atomic E-state index is 12.6. The molecule has 1 atom stereocenters. The van der Waals surface area contributed by atoms with Crippen molar-refractivity contribution in [2.24, 2.45) is 5.92 Å². The maximum Gasteiger partial charge on any atom is 0.417 e. The number of hydrogen-bond donors (Lipinski definition) is 1. The van der Waals surface area contributed by atoms with Gasteiger partial charge in [0.1, 0.15) is 0 Å². The van der Waals surface area contributed by atoms with Crippen molar-refractivity contribution in [1.82, 2.24) is 0 Å². The standard InChI is InChI=1S/C12H14ClF3O/c1-7(2)5-11(17)8-3-4-10(13)9(6-8)12(14,15)16/h3-4,6-7,11,17H,5H2,1-2H3. The molecule has 96 valence electrons. The highest BCUT2D eigenvalue weighted by molar-refractivity contribution is 6.31. The van der Waals surface area contributed by atoms with Crippen LogP contribution in [0.5, 0.6) is 0 Å². The van der Waals surface area contributed by atoms with Crippen LogP contribution in [0.2, 0.25) is 5.02 Å². The van der Waals surface area contributed by atoms with Gasteiger partial charge in [0, 0.05) is 0 Å². The first kappa shape index (κ1) is 14.3. The molecule has 0 fully saturated rings. The van der Waals surface area contributed by atoms with Crippen LogP contribution in [0, 0.1) is 5.92 Å². The van der Waals surface area contributed by atoms with Crippen molar-refractivity contribution in [3.63, 3.8) is 0 Å². The summed E-state index contributed by atoms with van der Waals surface area (Å²) in [5, 5.41) is 9.41. The van der Waals surface area contributed by atoms with E-state index < -0.39 is 17.8 Å². The summed E-state index contributed by atoms with van der Waals surface area (Å²) in [4.78, 5) is 0. The van der Waals surface area contributed by atoms with E-state index in [0.29, 0.717) is 6.42 Å². The summed E-state index contributed by atoms with van der Waals surface area (Å²) in [6, 6.07) is 3.50. The Morgan fingerprint density at radius 2 is 1.88 bits per heavy atom. The minimum absolute atomic E-state index is 0.204. The molecular weight excluding hydrogens is 253 g/mol. The number of hydrogen-bond acceptors (Lipinski definition) is 1. The third-order valence-electron chi connectivity index (χ3n) is 2.38.